The molecule has 7 nitrogen and oxygen atoms in total. The Morgan fingerprint density at radius 3 is 2.59 bits per heavy atom. The molecular formula is C13H15ClN2O5S. The van der Waals surface area contributed by atoms with E-state index in [1.54, 1.807) is 0 Å². The first kappa shape index (κ1) is 16.7. The summed E-state index contributed by atoms with van der Waals surface area (Å²) in [5.74, 6) is -1.23. The van der Waals surface area contributed by atoms with Crippen molar-refractivity contribution in [2.75, 3.05) is 0 Å². The largest absolute Gasteiger partial charge is 0.449 e. The summed E-state index contributed by atoms with van der Waals surface area (Å²) in [6.45, 7) is 1.44. The molecule has 1 aromatic rings. The molecule has 0 unspecified atom stereocenters. The second kappa shape index (κ2) is 6.23. The number of ether oxygens (including phenoxy) is 1. The van der Waals surface area contributed by atoms with Crippen molar-refractivity contribution in [1.29, 1.82) is 0 Å². The van der Waals surface area contributed by atoms with Crippen molar-refractivity contribution in [1.82, 2.24) is 5.32 Å². The highest BCUT2D eigenvalue weighted by Crippen LogP contribution is 2.22. The van der Waals surface area contributed by atoms with Gasteiger partial charge in [0.2, 0.25) is 10.0 Å². The molecule has 0 bridgehead atoms. The van der Waals surface area contributed by atoms with Crippen LogP contribution in [-0.2, 0) is 19.6 Å². The Morgan fingerprint density at radius 2 is 2.05 bits per heavy atom. The van der Waals surface area contributed by atoms with Gasteiger partial charge >= 0.3 is 5.97 Å². The van der Waals surface area contributed by atoms with E-state index in [4.69, 9.17) is 21.5 Å². The molecule has 0 spiro atoms. The summed E-state index contributed by atoms with van der Waals surface area (Å²) in [6, 6.07) is 3.70. The Hall–Kier alpha value is -1.64. The van der Waals surface area contributed by atoms with Crippen LogP contribution in [0.3, 0.4) is 0 Å². The zero-order valence-electron chi connectivity index (χ0n) is 11.7. The van der Waals surface area contributed by atoms with Crippen LogP contribution in [-0.4, -0.2) is 32.4 Å². The quantitative estimate of drug-likeness (QED) is 0.765. The van der Waals surface area contributed by atoms with Crippen LogP contribution in [0.25, 0.3) is 0 Å². The molecule has 1 aliphatic rings. The number of carbonyl (C=O) groups is 2. The summed E-state index contributed by atoms with van der Waals surface area (Å²) in [6.07, 6.45) is 0.851. The topological polar surface area (TPSA) is 116 Å². The maximum Gasteiger partial charge on any atom is 0.338 e. The van der Waals surface area contributed by atoms with Gasteiger partial charge < -0.3 is 10.1 Å². The van der Waals surface area contributed by atoms with Crippen LogP contribution in [0.5, 0.6) is 0 Å². The zero-order valence-corrected chi connectivity index (χ0v) is 13.3. The normalized spacial score (nSPS) is 16.0. The van der Waals surface area contributed by atoms with E-state index in [1.807, 2.05) is 0 Å². The Morgan fingerprint density at radius 1 is 1.41 bits per heavy atom. The SMILES string of the molecule is C[C@@H](OC(=O)c1ccc(Cl)c(S(N)(=O)=O)c1)C(=O)NC1CC1. The van der Waals surface area contributed by atoms with E-state index in [-0.39, 0.29) is 21.5 Å². The number of sulfonamides is 1. The molecule has 1 fully saturated rings. The van der Waals surface area contributed by atoms with Crippen LogP contribution >= 0.6 is 11.6 Å². The molecule has 120 valence electrons. The number of carbonyl (C=O) groups excluding carboxylic acids is 2. The number of primary sulfonamides is 1. The van der Waals surface area contributed by atoms with E-state index in [0.29, 0.717) is 0 Å². The number of esters is 1. The Kier molecular flexibility index (Phi) is 4.74. The van der Waals surface area contributed by atoms with Gasteiger partial charge in [-0.15, -0.1) is 0 Å². The summed E-state index contributed by atoms with van der Waals surface area (Å²) < 4.78 is 27.7. The van der Waals surface area contributed by atoms with Crippen LogP contribution in [0.4, 0.5) is 0 Å². The first-order valence-corrected chi connectivity index (χ1v) is 8.44. The summed E-state index contributed by atoms with van der Waals surface area (Å²) in [7, 11) is -4.06. The Balaban J connectivity index is 2.10. The zero-order chi connectivity index (χ0) is 16.5. The van der Waals surface area contributed by atoms with Crippen LogP contribution < -0.4 is 10.5 Å². The van der Waals surface area contributed by atoms with Gasteiger partial charge in [0.1, 0.15) is 4.90 Å². The first-order chi connectivity index (χ1) is 10.2. The average Bonchev–Trinajstić information content (AvgIpc) is 3.21. The predicted octanol–water partition coefficient (Wildman–Crippen LogP) is 0.811. The third-order valence-electron chi connectivity index (χ3n) is 3.05. The number of hydrogen-bond donors (Lipinski definition) is 2. The number of nitrogens with two attached hydrogens (primary N) is 1. The van der Waals surface area contributed by atoms with E-state index in [0.717, 1.165) is 18.9 Å². The van der Waals surface area contributed by atoms with E-state index >= 15 is 0 Å². The van der Waals surface area contributed by atoms with Gasteiger partial charge in [0.15, 0.2) is 6.10 Å². The van der Waals surface area contributed by atoms with Gasteiger partial charge in [-0.2, -0.15) is 0 Å². The van der Waals surface area contributed by atoms with Crippen molar-refractivity contribution < 1.29 is 22.7 Å². The van der Waals surface area contributed by atoms with E-state index in [9.17, 15) is 18.0 Å². The van der Waals surface area contributed by atoms with Gasteiger partial charge in [-0.05, 0) is 38.0 Å². The molecule has 0 heterocycles. The van der Waals surface area contributed by atoms with Crippen molar-refractivity contribution in [3.63, 3.8) is 0 Å². The molecule has 1 atom stereocenters. The number of halogens is 1. The Labute approximate surface area is 132 Å². The molecule has 0 saturated heterocycles. The molecule has 0 radical (unpaired) electrons. The van der Waals surface area contributed by atoms with Gasteiger partial charge in [-0.3, -0.25) is 4.79 Å². The summed E-state index contributed by atoms with van der Waals surface area (Å²) in [4.78, 5) is 23.3. The lowest BCUT2D eigenvalue weighted by Crippen LogP contribution is -2.37. The lowest BCUT2D eigenvalue weighted by molar-refractivity contribution is -0.129. The molecule has 1 aromatic carbocycles. The van der Waals surface area contributed by atoms with Gasteiger partial charge in [0.05, 0.1) is 10.6 Å². The molecule has 1 amide bonds. The maximum atomic E-state index is 12.0. The number of amides is 1. The number of nitrogens with one attached hydrogen (secondary N) is 1. The molecule has 1 aliphatic carbocycles. The Bertz CT molecular complexity index is 715. The lowest BCUT2D eigenvalue weighted by Gasteiger charge is -2.13. The van der Waals surface area contributed by atoms with Crippen LogP contribution in [0.1, 0.15) is 30.1 Å². The van der Waals surface area contributed by atoms with Crippen molar-refractivity contribution in [2.24, 2.45) is 5.14 Å². The molecule has 0 aromatic heterocycles. The lowest BCUT2D eigenvalue weighted by atomic mass is 10.2. The fourth-order valence-electron chi connectivity index (χ4n) is 1.68. The number of benzene rings is 1. The minimum atomic E-state index is -4.06. The smallest absolute Gasteiger partial charge is 0.338 e. The highest BCUT2D eigenvalue weighted by molar-refractivity contribution is 7.89. The van der Waals surface area contributed by atoms with Crippen LogP contribution in [0.15, 0.2) is 23.1 Å². The molecule has 1 saturated carbocycles. The summed E-state index contributed by atoms with van der Waals surface area (Å²) >= 11 is 5.73. The fraction of sp³-hybridized carbons (Fsp3) is 0.385. The number of hydrogen-bond acceptors (Lipinski definition) is 5. The first-order valence-electron chi connectivity index (χ1n) is 6.52. The molecule has 3 N–H and O–H groups in total. The standard InChI is InChI=1S/C13H15ClN2O5S/c1-7(12(17)16-9-3-4-9)21-13(18)8-2-5-10(14)11(6-8)22(15,19)20/h2,5-7,9H,3-4H2,1H3,(H,16,17)(H2,15,19,20)/t7-/m1/s1. The molecule has 0 aliphatic heterocycles. The van der Waals surface area contributed by atoms with E-state index in [1.165, 1.54) is 19.1 Å². The highest BCUT2D eigenvalue weighted by atomic mass is 35.5. The second-order valence-electron chi connectivity index (χ2n) is 5.02. The molecule has 2 rings (SSSR count). The van der Waals surface area contributed by atoms with Gasteiger partial charge in [-0.1, -0.05) is 11.6 Å². The second-order valence-corrected chi connectivity index (χ2v) is 6.96. The minimum Gasteiger partial charge on any atom is -0.449 e. The van der Waals surface area contributed by atoms with Crippen molar-refractivity contribution in [2.45, 2.75) is 36.8 Å². The fourth-order valence-corrected chi connectivity index (χ4v) is 2.75. The highest BCUT2D eigenvalue weighted by Gasteiger charge is 2.27. The van der Waals surface area contributed by atoms with Crippen molar-refractivity contribution in [3.05, 3.63) is 28.8 Å². The van der Waals surface area contributed by atoms with Gasteiger partial charge in [0, 0.05) is 6.04 Å². The third kappa shape index (κ3) is 4.19. The third-order valence-corrected chi connectivity index (χ3v) is 4.44. The van der Waals surface area contributed by atoms with Gasteiger partial charge in [0.25, 0.3) is 5.91 Å². The maximum absolute atomic E-state index is 12.0. The van der Waals surface area contributed by atoms with Crippen LogP contribution in [0.2, 0.25) is 5.02 Å². The average molecular weight is 347 g/mol. The molecular weight excluding hydrogens is 332 g/mol. The molecule has 22 heavy (non-hydrogen) atoms. The van der Waals surface area contributed by atoms with Crippen molar-refractivity contribution in [3.8, 4) is 0 Å². The monoisotopic (exact) mass is 346 g/mol. The van der Waals surface area contributed by atoms with E-state index in [2.05, 4.69) is 5.32 Å². The molecule has 9 heteroatoms. The summed E-state index contributed by atoms with van der Waals surface area (Å²) in [5.41, 5.74) is -0.0560. The van der Waals surface area contributed by atoms with E-state index < -0.39 is 28.0 Å². The number of rotatable bonds is 5. The summed E-state index contributed by atoms with van der Waals surface area (Å²) in [5, 5.41) is 7.61. The van der Waals surface area contributed by atoms with Gasteiger partial charge in [-0.25, -0.2) is 18.4 Å². The van der Waals surface area contributed by atoms with Crippen LogP contribution in [0, 0.1) is 0 Å². The predicted molar refractivity (Wildman–Crippen MR) is 78.9 cm³/mol. The minimum absolute atomic E-state index is 0.0560. The van der Waals surface area contributed by atoms with Crippen molar-refractivity contribution >= 4 is 33.5 Å².